The standard InChI is InChI=1S/C16H17F2NO2/c1-20-7-6-11-2-4-13(5-3-11)21-16-14(17)8-12(10-19)9-15(16)18/h2-5,8-9H,6-7,10,19H2,1H3. The van der Waals surface area contributed by atoms with Gasteiger partial charge in [0.25, 0.3) is 0 Å². The number of nitrogens with two attached hydrogens (primary N) is 1. The summed E-state index contributed by atoms with van der Waals surface area (Å²) in [5.74, 6) is -1.58. The lowest BCUT2D eigenvalue weighted by atomic mass is 10.1. The molecule has 2 aromatic rings. The highest BCUT2D eigenvalue weighted by Crippen LogP contribution is 2.28. The SMILES string of the molecule is COCCc1ccc(Oc2c(F)cc(CN)cc2F)cc1. The van der Waals surface area contributed by atoms with Crippen LogP contribution in [0.5, 0.6) is 11.5 Å². The van der Waals surface area contributed by atoms with Gasteiger partial charge in [-0.2, -0.15) is 0 Å². The van der Waals surface area contributed by atoms with Crippen molar-refractivity contribution in [2.45, 2.75) is 13.0 Å². The first-order valence-corrected chi connectivity index (χ1v) is 6.57. The molecule has 0 heterocycles. The molecule has 0 fully saturated rings. The van der Waals surface area contributed by atoms with Crippen LogP contribution in [0, 0.1) is 11.6 Å². The van der Waals surface area contributed by atoms with E-state index in [2.05, 4.69) is 0 Å². The molecular formula is C16H17F2NO2. The predicted octanol–water partition coefficient (Wildman–Crippen LogP) is 3.40. The number of ether oxygens (including phenoxy) is 2. The van der Waals surface area contributed by atoms with Crippen LogP contribution in [-0.2, 0) is 17.7 Å². The molecule has 21 heavy (non-hydrogen) atoms. The van der Waals surface area contributed by atoms with Crippen molar-refractivity contribution in [3.8, 4) is 11.5 Å². The van der Waals surface area contributed by atoms with Crippen LogP contribution < -0.4 is 10.5 Å². The third-order valence-electron chi connectivity index (χ3n) is 3.03. The van der Waals surface area contributed by atoms with Gasteiger partial charge < -0.3 is 15.2 Å². The Bertz CT molecular complexity index is 577. The zero-order chi connectivity index (χ0) is 15.2. The summed E-state index contributed by atoms with van der Waals surface area (Å²) < 4.78 is 37.8. The molecule has 0 atom stereocenters. The van der Waals surface area contributed by atoms with E-state index in [1.54, 1.807) is 19.2 Å². The lowest BCUT2D eigenvalue weighted by Crippen LogP contribution is -2.00. The fourth-order valence-electron chi connectivity index (χ4n) is 1.89. The van der Waals surface area contributed by atoms with Gasteiger partial charge in [0.1, 0.15) is 5.75 Å². The molecule has 3 nitrogen and oxygen atoms in total. The molecule has 0 unspecified atom stereocenters. The molecule has 0 aliphatic carbocycles. The van der Waals surface area contributed by atoms with Crippen LogP contribution >= 0.6 is 0 Å². The Morgan fingerprint density at radius 1 is 1.00 bits per heavy atom. The number of rotatable bonds is 6. The average Bonchev–Trinajstić information content (AvgIpc) is 2.49. The summed E-state index contributed by atoms with van der Waals surface area (Å²) >= 11 is 0. The van der Waals surface area contributed by atoms with Crippen molar-refractivity contribution in [3.63, 3.8) is 0 Å². The predicted molar refractivity (Wildman–Crippen MR) is 76.3 cm³/mol. The highest BCUT2D eigenvalue weighted by molar-refractivity contribution is 5.37. The van der Waals surface area contributed by atoms with Gasteiger partial charge in [0.15, 0.2) is 17.4 Å². The summed E-state index contributed by atoms with van der Waals surface area (Å²) in [5, 5.41) is 0. The molecule has 0 bridgehead atoms. The second kappa shape index (κ2) is 7.15. The van der Waals surface area contributed by atoms with E-state index < -0.39 is 17.4 Å². The average molecular weight is 293 g/mol. The lowest BCUT2D eigenvalue weighted by Gasteiger charge is -2.10. The van der Waals surface area contributed by atoms with Crippen LogP contribution in [0.4, 0.5) is 8.78 Å². The van der Waals surface area contributed by atoms with Gasteiger partial charge >= 0.3 is 0 Å². The Hall–Kier alpha value is -1.98. The molecule has 0 spiro atoms. The number of hydrogen-bond donors (Lipinski definition) is 1. The zero-order valence-electron chi connectivity index (χ0n) is 11.7. The minimum absolute atomic E-state index is 0.0717. The Kier molecular flexibility index (Phi) is 5.25. The highest BCUT2D eigenvalue weighted by Gasteiger charge is 2.13. The van der Waals surface area contributed by atoms with E-state index in [4.69, 9.17) is 15.2 Å². The second-order valence-electron chi connectivity index (χ2n) is 4.58. The first-order chi connectivity index (χ1) is 10.1. The van der Waals surface area contributed by atoms with Gasteiger partial charge in [-0.1, -0.05) is 12.1 Å². The lowest BCUT2D eigenvalue weighted by molar-refractivity contribution is 0.202. The van der Waals surface area contributed by atoms with Crippen molar-refractivity contribution in [2.75, 3.05) is 13.7 Å². The van der Waals surface area contributed by atoms with E-state index in [9.17, 15) is 8.78 Å². The van der Waals surface area contributed by atoms with Crippen LogP contribution in [0.25, 0.3) is 0 Å². The van der Waals surface area contributed by atoms with E-state index in [1.807, 2.05) is 12.1 Å². The molecule has 5 heteroatoms. The van der Waals surface area contributed by atoms with Crippen molar-refractivity contribution in [1.29, 1.82) is 0 Å². The van der Waals surface area contributed by atoms with Crippen molar-refractivity contribution < 1.29 is 18.3 Å². The van der Waals surface area contributed by atoms with Gasteiger partial charge in [0.05, 0.1) is 6.61 Å². The maximum atomic E-state index is 13.8. The third kappa shape index (κ3) is 4.00. The van der Waals surface area contributed by atoms with Gasteiger partial charge in [0.2, 0.25) is 0 Å². The van der Waals surface area contributed by atoms with Crippen molar-refractivity contribution >= 4 is 0 Å². The van der Waals surface area contributed by atoms with Crippen LogP contribution in [0.2, 0.25) is 0 Å². The number of halogens is 2. The van der Waals surface area contributed by atoms with E-state index in [0.29, 0.717) is 17.9 Å². The molecule has 0 aliphatic heterocycles. The summed E-state index contributed by atoms with van der Waals surface area (Å²) in [6.45, 7) is 0.687. The van der Waals surface area contributed by atoms with Crippen molar-refractivity contribution in [3.05, 3.63) is 59.2 Å². The molecular weight excluding hydrogens is 276 g/mol. The smallest absolute Gasteiger partial charge is 0.198 e. The molecule has 0 radical (unpaired) electrons. The van der Waals surface area contributed by atoms with E-state index in [-0.39, 0.29) is 6.54 Å². The molecule has 0 aliphatic rings. The Labute approximate surface area is 122 Å². The Morgan fingerprint density at radius 3 is 2.14 bits per heavy atom. The van der Waals surface area contributed by atoms with Crippen LogP contribution in [0.1, 0.15) is 11.1 Å². The number of benzene rings is 2. The molecule has 112 valence electrons. The molecule has 0 aromatic heterocycles. The van der Waals surface area contributed by atoms with Gasteiger partial charge in [-0.05, 0) is 41.8 Å². The Morgan fingerprint density at radius 2 is 1.62 bits per heavy atom. The second-order valence-corrected chi connectivity index (χ2v) is 4.58. The van der Waals surface area contributed by atoms with E-state index >= 15 is 0 Å². The maximum Gasteiger partial charge on any atom is 0.198 e. The van der Waals surface area contributed by atoms with Crippen molar-refractivity contribution in [1.82, 2.24) is 0 Å². The van der Waals surface area contributed by atoms with Gasteiger partial charge in [-0.25, -0.2) is 8.78 Å². The highest BCUT2D eigenvalue weighted by atomic mass is 19.1. The zero-order valence-corrected chi connectivity index (χ0v) is 11.7. The third-order valence-corrected chi connectivity index (χ3v) is 3.03. The first-order valence-electron chi connectivity index (χ1n) is 6.57. The summed E-state index contributed by atoms with van der Waals surface area (Å²) in [6.07, 6.45) is 0.769. The molecule has 0 saturated carbocycles. The summed E-state index contributed by atoms with van der Waals surface area (Å²) in [6, 6.07) is 9.34. The normalized spacial score (nSPS) is 10.7. The topological polar surface area (TPSA) is 44.5 Å². The van der Waals surface area contributed by atoms with E-state index in [0.717, 1.165) is 12.0 Å². The number of methoxy groups -OCH3 is 1. The fourth-order valence-corrected chi connectivity index (χ4v) is 1.89. The largest absolute Gasteiger partial charge is 0.451 e. The molecule has 0 saturated heterocycles. The van der Waals surface area contributed by atoms with Gasteiger partial charge in [-0.3, -0.25) is 0 Å². The monoisotopic (exact) mass is 293 g/mol. The quantitative estimate of drug-likeness (QED) is 0.887. The minimum Gasteiger partial charge on any atom is -0.451 e. The first kappa shape index (κ1) is 15.4. The molecule has 2 aromatic carbocycles. The van der Waals surface area contributed by atoms with Crippen LogP contribution in [-0.4, -0.2) is 13.7 Å². The van der Waals surface area contributed by atoms with Crippen LogP contribution in [0.3, 0.4) is 0 Å². The van der Waals surface area contributed by atoms with Gasteiger partial charge in [0, 0.05) is 13.7 Å². The summed E-state index contributed by atoms with van der Waals surface area (Å²) in [4.78, 5) is 0. The molecule has 2 N–H and O–H groups in total. The molecule has 2 rings (SSSR count). The van der Waals surface area contributed by atoms with Crippen LogP contribution in [0.15, 0.2) is 36.4 Å². The van der Waals surface area contributed by atoms with E-state index in [1.165, 1.54) is 12.1 Å². The van der Waals surface area contributed by atoms with Crippen molar-refractivity contribution in [2.24, 2.45) is 5.73 Å². The maximum absolute atomic E-state index is 13.8. The fraction of sp³-hybridized carbons (Fsp3) is 0.250. The molecule has 0 amide bonds. The number of hydrogen-bond acceptors (Lipinski definition) is 3. The summed E-state index contributed by atoms with van der Waals surface area (Å²) in [7, 11) is 1.63. The Balaban J connectivity index is 2.14. The minimum atomic E-state index is -0.765. The summed E-state index contributed by atoms with van der Waals surface area (Å²) in [5.41, 5.74) is 6.80. The van der Waals surface area contributed by atoms with Gasteiger partial charge in [-0.15, -0.1) is 0 Å².